The van der Waals surface area contributed by atoms with E-state index in [0.717, 1.165) is 0 Å². The number of amides is 1. The Morgan fingerprint density at radius 1 is 1.33 bits per heavy atom. The number of carbonyl (C=O) groups excluding carboxylic acids is 1. The number of carboxylic acids is 1. The molecule has 0 aromatic carbocycles. The molecule has 3 unspecified atom stereocenters. The van der Waals surface area contributed by atoms with Gasteiger partial charge in [0.1, 0.15) is 0 Å². The van der Waals surface area contributed by atoms with Crippen LogP contribution < -0.4 is 10.6 Å². The number of carbonyl (C=O) groups is 2. The molecule has 2 rings (SSSR count). The summed E-state index contributed by atoms with van der Waals surface area (Å²) in [4.78, 5) is 22.5. The van der Waals surface area contributed by atoms with Crippen LogP contribution in [0.2, 0.25) is 0 Å². The van der Waals surface area contributed by atoms with Crippen LogP contribution in [0.25, 0.3) is 0 Å². The highest BCUT2D eigenvalue weighted by Gasteiger charge is 2.31. The quantitative estimate of drug-likeness (QED) is 0.564. The Kier molecular flexibility index (Phi) is 5.17. The van der Waals surface area contributed by atoms with Crippen molar-refractivity contribution >= 4 is 21.7 Å². The summed E-state index contributed by atoms with van der Waals surface area (Å²) >= 11 is 0. The van der Waals surface area contributed by atoms with Crippen molar-refractivity contribution in [3.05, 3.63) is 0 Å². The zero-order chi connectivity index (χ0) is 15.5. The Bertz CT molecular complexity index is 506. The third-order valence-corrected chi connectivity index (χ3v) is 5.38. The molecule has 0 aromatic rings. The fraction of sp³-hybridized carbons (Fsp3) is 0.833. The highest BCUT2D eigenvalue weighted by Crippen LogP contribution is 2.19. The average Bonchev–Trinajstić information content (AvgIpc) is 2.84. The molecule has 120 valence electrons. The molecule has 3 N–H and O–H groups in total. The summed E-state index contributed by atoms with van der Waals surface area (Å²) in [6, 6.07) is -0.361. The van der Waals surface area contributed by atoms with Crippen molar-refractivity contribution in [2.24, 2.45) is 0 Å². The molecule has 1 amide bonds. The molecule has 2 aliphatic heterocycles. The molecule has 2 fully saturated rings. The molecular formula is C12H20N2O6S. The lowest BCUT2D eigenvalue weighted by Crippen LogP contribution is -2.47. The number of rotatable bonds is 5. The zero-order valence-corrected chi connectivity index (χ0v) is 12.4. The first-order chi connectivity index (χ1) is 9.85. The van der Waals surface area contributed by atoms with Gasteiger partial charge in [-0.15, -0.1) is 0 Å². The Morgan fingerprint density at radius 3 is 2.71 bits per heavy atom. The van der Waals surface area contributed by atoms with Gasteiger partial charge in [-0.1, -0.05) is 0 Å². The van der Waals surface area contributed by atoms with Gasteiger partial charge in [0.05, 0.1) is 17.6 Å². The van der Waals surface area contributed by atoms with Gasteiger partial charge in [-0.3, -0.25) is 4.79 Å². The van der Waals surface area contributed by atoms with Crippen molar-refractivity contribution in [3.63, 3.8) is 0 Å². The maximum Gasteiger partial charge on any atom is 0.332 e. The van der Waals surface area contributed by atoms with E-state index in [2.05, 4.69) is 10.6 Å². The molecular weight excluding hydrogens is 300 g/mol. The van der Waals surface area contributed by atoms with Crippen molar-refractivity contribution in [2.75, 3.05) is 24.6 Å². The van der Waals surface area contributed by atoms with E-state index in [4.69, 9.17) is 9.84 Å². The predicted molar refractivity (Wildman–Crippen MR) is 73.6 cm³/mol. The highest BCUT2D eigenvalue weighted by molar-refractivity contribution is 7.91. The van der Waals surface area contributed by atoms with E-state index in [-0.39, 0.29) is 42.5 Å². The first kappa shape index (κ1) is 16.2. The lowest BCUT2D eigenvalue weighted by atomic mass is 10.2. The normalized spacial score (nSPS) is 31.7. The van der Waals surface area contributed by atoms with Crippen LogP contribution in [0.5, 0.6) is 0 Å². The fourth-order valence-corrected chi connectivity index (χ4v) is 4.00. The van der Waals surface area contributed by atoms with E-state index in [0.29, 0.717) is 19.4 Å². The van der Waals surface area contributed by atoms with Gasteiger partial charge in [0.2, 0.25) is 5.91 Å². The molecule has 0 bridgehead atoms. The largest absolute Gasteiger partial charge is 0.479 e. The molecule has 8 nitrogen and oxygen atoms in total. The summed E-state index contributed by atoms with van der Waals surface area (Å²) in [5.41, 5.74) is 0. The van der Waals surface area contributed by atoms with Gasteiger partial charge in [-0.2, -0.15) is 0 Å². The van der Waals surface area contributed by atoms with E-state index in [1.807, 2.05) is 0 Å². The summed E-state index contributed by atoms with van der Waals surface area (Å²) in [7, 11) is -3.06. The molecule has 3 atom stereocenters. The molecule has 2 saturated heterocycles. The Morgan fingerprint density at radius 2 is 2.10 bits per heavy atom. The second-order valence-corrected chi connectivity index (χ2v) is 7.66. The first-order valence-corrected chi connectivity index (χ1v) is 8.76. The number of nitrogens with one attached hydrogen (secondary N) is 2. The van der Waals surface area contributed by atoms with Gasteiger partial charge >= 0.3 is 5.97 Å². The molecule has 0 spiro atoms. The minimum atomic E-state index is -3.06. The predicted octanol–water partition coefficient (Wildman–Crippen LogP) is -1.49. The minimum absolute atomic E-state index is 0.0264. The van der Waals surface area contributed by atoms with Crippen molar-refractivity contribution in [1.82, 2.24) is 10.6 Å². The highest BCUT2D eigenvalue weighted by atomic mass is 32.2. The van der Waals surface area contributed by atoms with Crippen LogP contribution in [0.4, 0.5) is 0 Å². The second-order valence-electron chi connectivity index (χ2n) is 5.44. The number of sulfone groups is 1. The number of hydrogen-bond donors (Lipinski definition) is 3. The average molecular weight is 320 g/mol. The Labute approximate surface area is 123 Å². The lowest BCUT2D eigenvalue weighted by Gasteiger charge is -2.23. The second kappa shape index (κ2) is 6.71. The zero-order valence-electron chi connectivity index (χ0n) is 11.6. The van der Waals surface area contributed by atoms with Crippen molar-refractivity contribution in [2.45, 2.75) is 37.5 Å². The van der Waals surface area contributed by atoms with Gasteiger partial charge < -0.3 is 20.5 Å². The van der Waals surface area contributed by atoms with Gasteiger partial charge in [-0.05, 0) is 12.8 Å². The SMILES string of the molecule is O=C(CC1CS(=O)(=O)CCN1)NCC1CCC(C(=O)O)O1. The molecule has 0 saturated carbocycles. The smallest absolute Gasteiger partial charge is 0.332 e. The first-order valence-electron chi connectivity index (χ1n) is 6.94. The van der Waals surface area contributed by atoms with Gasteiger partial charge in [0.15, 0.2) is 15.9 Å². The third kappa shape index (κ3) is 4.94. The number of aliphatic carboxylic acids is 1. The molecule has 9 heteroatoms. The van der Waals surface area contributed by atoms with E-state index in [1.54, 1.807) is 0 Å². The van der Waals surface area contributed by atoms with E-state index < -0.39 is 21.9 Å². The van der Waals surface area contributed by atoms with Gasteiger partial charge in [0, 0.05) is 25.6 Å². The molecule has 2 aliphatic rings. The molecule has 21 heavy (non-hydrogen) atoms. The molecule has 2 heterocycles. The number of hydrogen-bond acceptors (Lipinski definition) is 6. The molecule has 0 radical (unpaired) electrons. The summed E-state index contributed by atoms with van der Waals surface area (Å²) < 4.78 is 28.2. The van der Waals surface area contributed by atoms with Crippen LogP contribution in [-0.2, 0) is 24.2 Å². The third-order valence-electron chi connectivity index (χ3n) is 3.64. The monoisotopic (exact) mass is 320 g/mol. The summed E-state index contributed by atoms with van der Waals surface area (Å²) in [5.74, 6) is -1.16. The van der Waals surface area contributed by atoms with Crippen LogP contribution in [-0.4, -0.2) is 68.2 Å². The maximum absolute atomic E-state index is 11.8. The van der Waals surface area contributed by atoms with Crippen LogP contribution in [0.3, 0.4) is 0 Å². The van der Waals surface area contributed by atoms with Crippen LogP contribution in [0, 0.1) is 0 Å². The van der Waals surface area contributed by atoms with Gasteiger partial charge in [-0.25, -0.2) is 13.2 Å². The van der Waals surface area contributed by atoms with Crippen molar-refractivity contribution in [1.29, 1.82) is 0 Å². The number of carboxylic acid groups (broad SMARTS) is 1. The van der Waals surface area contributed by atoms with Crippen molar-refractivity contribution in [3.8, 4) is 0 Å². The lowest BCUT2D eigenvalue weighted by molar-refractivity contribution is -0.149. The van der Waals surface area contributed by atoms with Crippen LogP contribution >= 0.6 is 0 Å². The maximum atomic E-state index is 11.8. The minimum Gasteiger partial charge on any atom is -0.479 e. The molecule has 0 aliphatic carbocycles. The number of ether oxygens (including phenoxy) is 1. The van der Waals surface area contributed by atoms with Crippen LogP contribution in [0.1, 0.15) is 19.3 Å². The topological polar surface area (TPSA) is 122 Å². The van der Waals surface area contributed by atoms with E-state index in [1.165, 1.54) is 0 Å². The fourth-order valence-electron chi connectivity index (χ4n) is 2.56. The van der Waals surface area contributed by atoms with E-state index >= 15 is 0 Å². The van der Waals surface area contributed by atoms with Crippen LogP contribution in [0.15, 0.2) is 0 Å². The summed E-state index contributed by atoms with van der Waals surface area (Å²) in [5, 5.41) is 14.5. The molecule has 0 aromatic heterocycles. The Balaban J connectivity index is 1.70. The summed E-state index contributed by atoms with van der Waals surface area (Å²) in [6.07, 6.45) is 0.0371. The van der Waals surface area contributed by atoms with Gasteiger partial charge in [0.25, 0.3) is 0 Å². The standard InChI is InChI=1S/C12H20N2O6S/c15-11(5-8-7-21(18,19)4-3-13-8)14-6-9-1-2-10(20-9)12(16)17/h8-10,13H,1-7H2,(H,14,15)(H,16,17). The summed E-state index contributed by atoms with van der Waals surface area (Å²) in [6.45, 7) is 0.619. The van der Waals surface area contributed by atoms with Crippen molar-refractivity contribution < 1.29 is 27.9 Å². The van der Waals surface area contributed by atoms with E-state index in [9.17, 15) is 18.0 Å². The Hall–Kier alpha value is -1.19.